The Bertz CT molecular complexity index is 397. The largest absolute Gasteiger partial charge is 0.477 e. The second kappa shape index (κ2) is 5.56. The van der Waals surface area contributed by atoms with E-state index in [0.717, 1.165) is 19.6 Å². The first-order valence-electron chi connectivity index (χ1n) is 5.98. The molecule has 0 bridgehead atoms. The maximum absolute atomic E-state index is 11.0. The summed E-state index contributed by atoms with van der Waals surface area (Å²) in [6.45, 7) is 3.83. The fourth-order valence-corrected chi connectivity index (χ4v) is 2.49. The summed E-state index contributed by atoms with van der Waals surface area (Å²) in [4.78, 5) is 13.4. The van der Waals surface area contributed by atoms with Crippen molar-refractivity contribution in [2.24, 2.45) is 0 Å². The Hall–Kier alpha value is -1.00. The molecule has 0 saturated carbocycles. The highest BCUT2D eigenvalue weighted by Crippen LogP contribution is 2.15. The third kappa shape index (κ3) is 3.23. The second-order valence-corrected chi connectivity index (χ2v) is 4.88. The van der Waals surface area contributed by atoms with Gasteiger partial charge in [0.05, 0.1) is 5.02 Å². The minimum Gasteiger partial charge on any atom is -0.477 e. The van der Waals surface area contributed by atoms with E-state index in [4.69, 9.17) is 16.7 Å². The number of carbonyl (C=O) groups is 1. The van der Waals surface area contributed by atoms with Gasteiger partial charge < -0.3 is 14.6 Å². The first-order valence-corrected chi connectivity index (χ1v) is 6.36. The van der Waals surface area contributed by atoms with Crippen LogP contribution in [0.15, 0.2) is 12.3 Å². The summed E-state index contributed by atoms with van der Waals surface area (Å²) in [5, 5.41) is 9.51. The summed E-state index contributed by atoms with van der Waals surface area (Å²) in [5.41, 5.74) is 0.270. The fraction of sp³-hybridized carbons (Fsp3) is 0.583. The van der Waals surface area contributed by atoms with Gasteiger partial charge in [0.25, 0.3) is 0 Å². The van der Waals surface area contributed by atoms with Gasteiger partial charge in [-0.25, -0.2) is 4.79 Å². The van der Waals surface area contributed by atoms with Gasteiger partial charge in [-0.2, -0.15) is 0 Å². The molecule has 2 rings (SSSR count). The van der Waals surface area contributed by atoms with Crippen LogP contribution in [0, 0.1) is 0 Å². The summed E-state index contributed by atoms with van der Waals surface area (Å²) >= 11 is 5.83. The van der Waals surface area contributed by atoms with E-state index in [-0.39, 0.29) is 5.69 Å². The van der Waals surface area contributed by atoms with E-state index in [0.29, 0.717) is 11.6 Å². The van der Waals surface area contributed by atoms with Crippen molar-refractivity contribution in [3.05, 3.63) is 23.0 Å². The molecular formula is C12H17ClN2O2. The standard InChI is InChI=1S/C12H17ClN2O2/c13-10-8-11(12(16)17)15(9-10)7-6-14-4-2-1-3-5-14/h8-9H,1-7H2,(H,16,17). The molecule has 0 radical (unpaired) electrons. The van der Waals surface area contributed by atoms with Crippen LogP contribution in [0.2, 0.25) is 5.02 Å². The maximum atomic E-state index is 11.0. The first-order chi connectivity index (χ1) is 8.16. The monoisotopic (exact) mass is 256 g/mol. The van der Waals surface area contributed by atoms with Gasteiger partial charge in [-0.3, -0.25) is 0 Å². The van der Waals surface area contributed by atoms with Crippen LogP contribution in [0.1, 0.15) is 29.8 Å². The smallest absolute Gasteiger partial charge is 0.352 e. The lowest BCUT2D eigenvalue weighted by molar-refractivity contribution is 0.0684. The van der Waals surface area contributed by atoms with E-state index in [9.17, 15) is 4.79 Å². The van der Waals surface area contributed by atoms with Gasteiger partial charge >= 0.3 is 5.97 Å². The zero-order valence-corrected chi connectivity index (χ0v) is 10.5. The Labute approximate surface area is 106 Å². The molecule has 0 spiro atoms. The molecule has 0 aromatic carbocycles. The predicted molar refractivity (Wildman–Crippen MR) is 66.7 cm³/mol. The molecule has 4 nitrogen and oxygen atoms in total. The van der Waals surface area contributed by atoms with Gasteiger partial charge in [-0.15, -0.1) is 0 Å². The van der Waals surface area contributed by atoms with Gasteiger partial charge in [0.2, 0.25) is 0 Å². The molecule has 94 valence electrons. The van der Waals surface area contributed by atoms with Gasteiger partial charge in [0.1, 0.15) is 5.69 Å². The van der Waals surface area contributed by atoms with Crippen LogP contribution >= 0.6 is 11.6 Å². The second-order valence-electron chi connectivity index (χ2n) is 4.44. The van der Waals surface area contributed by atoms with Crippen molar-refractivity contribution in [2.75, 3.05) is 19.6 Å². The third-order valence-electron chi connectivity index (χ3n) is 3.19. The summed E-state index contributed by atoms with van der Waals surface area (Å²) in [7, 11) is 0. The number of nitrogens with zero attached hydrogens (tertiary/aromatic N) is 2. The molecule has 1 aliphatic rings. The van der Waals surface area contributed by atoms with E-state index in [2.05, 4.69) is 4.90 Å². The Balaban J connectivity index is 1.95. The number of likely N-dealkylation sites (tertiary alicyclic amines) is 1. The molecule has 1 aromatic rings. The zero-order chi connectivity index (χ0) is 12.3. The summed E-state index contributed by atoms with van der Waals surface area (Å²) in [5.74, 6) is -0.921. The Morgan fingerprint density at radius 3 is 2.65 bits per heavy atom. The lowest BCUT2D eigenvalue weighted by Gasteiger charge is -2.26. The minimum absolute atomic E-state index is 0.270. The highest BCUT2D eigenvalue weighted by Gasteiger charge is 2.14. The van der Waals surface area contributed by atoms with Crippen LogP contribution in [0.5, 0.6) is 0 Å². The quantitative estimate of drug-likeness (QED) is 0.899. The van der Waals surface area contributed by atoms with Crippen LogP contribution in [0.4, 0.5) is 0 Å². The highest BCUT2D eigenvalue weighted by molar-refractivity contribution is 6.30. The fourth-order valence-electron chi connectivity index (χ4n) is 2.27. The van der Waals surface area contributed by atoms with Crippen molar-refractivity contribution < 1.29 is 9.90 Å². The summed E-state index contributed by atoms with van der Waals surface area (Å²) < 4.78 is 1.72. The molecule has 0 amide bonds. The molecule has 1 aromatic heterocycles. The summed E-state index contributed by atoms with van der Waals surface area (Å²) in [6.07, 6.45) is 5.50. The van der Waals surface area contributed by atoms with Crippen LogP contribution in [0.3, 0.4) is 0 Å². The van der Waals surface area contributed by atoms with E-state index in [1.54, 1.807) is 10.8 Å². The number of halogens is 1. The molecule has 0 aliphatic carbocycles. The van der Waals surface area contributed by atoms with Gasteiger partial charge in [0.15, 0.2) is 0 Å². The van der Waals surface area contributed by atoms with Gasteiger partial charge in [-0.05, 0) is 32.0 Å². The molecule has 5 heteroatoms. The van der Waals surface area contributed by atoms with Gasteiger partial charge in [-0.1, -0.05) is 18.0 Å². The van der Waals surface area contributed by atoms with Crippen LogP contribution in [-0.4, -0.2) is 40.2 Å². The molecule has 0 atom stereocenters. The van der Waals surface area contributed by atoms with E-state index >= 15 is 0 Å². The lowest BCUT2D eigenvalue weighted by atomic mass is 10.1. The number of carboxylic acid groups (broad SMARTS) is 1. The number of piperidine rings is 1. The normalized spacial score (nSPS) is 17.2. The first kappa shape index (κ1) is 12.5. The molecule has 1 saturated heterocycles. The lowest BCUT2D eigenvalue weighted by Crippen LogP contribution is -2.32. The number of aromatic nitrogens is 1. The van der Waals surface area contributed by atoms with Crippen molar-refractivity contribution in [2.45, 2.75) is 25.8 Å². The van der Waals surface area contributed by atoms with Crippen LogP contribution in [-0.2, 0) is 6.54 Å². The Morgan fingerprint density at radius 2 is 2.00 bits per heavy atom. The molecule has 2 heterocycles. The van der Waals surface area contributed by atoms with Crippen LogP contribution < -0.4 is 0 Å². The molecule has 1 fully saturated rings. The number of hydrogen-bond donors (Lipinski definition) is 1. The molecule has 1 N–H and O–H groups in total. The molecule has 0 unspecified atom stereocenters. The number of carboxylic acids is 1. The van der Waals surface area contributed by atoms with E-state index in [1.807, 2.05) is 0 Å². The molecular weight excluding hydrogens is 240 g/mol. The molecule has 17 heavy (non-hydrogen) atoms. The Kier molecular flexibility index (Phi) is 4.07. The SMILES string of the molecule is O=C(O)c1cc(Cl)cn1CCN1CCCCC1. The number of aromatic carboxylic acids is 1. The van der Waals surface area contributed by atoms with Crippen molar-refractivity contribution >= 4 is 17.6 Å². The molecule has 1 aliphatic heterocycles. The number of rotatable bonds is 4. The Morgan fingerprint density at radius 1 is 1.29 bits per heavy atom. The average Bonchev–Trinajstić information content (AvgIpc) is 2.69. The van der Waals surface area contributed by atoms with Crippen LogP contribution in [0.25, 0.3) is 0 Å². The third-order valence-corrected chi connectivity index (χ3v) is 3.39. The predicted octanol–water partition coefficient (Wildman–Crippen LogP) is 2.33. The van der Waals surface area contributed by atoms with Gasteiger partial charge in [0, 0.05) is 19.3 Å². The van der Waals surface area contributed by atoms with Crippen molar-refractivity contribution in [3.8, 4) is 0 Å². The minimum atomic E-state index is -0.921. The summed E-state index contributed by atoms with van der Waals surface area (Å²) in [6, 6.07) is 1.50. The van der Waals surface area contributed by atoms with Crippen molar-refractivity contribution in [3.63, 3.8) is 0 Å². The van der Waals surface area contributed by atoms with Crippen molar-refractivity contribution in [1.29, 1.82) is 0 Å². The van der Waals surface area contributed by atoms with E-state index in [1.165, 1.54) is 25.3 Å². The highest BCUT2D eigenvalue weighted by atomic mass is 35.5. The topological polar surface area (TPSA) is 45.5 Å². The zero-order valence-electron chi connectivity index (χ0n) is 9.73. The van der Waals surface area contributed by atoms with E-state index < -0.39 is 5.97 Å². The number of hydrogen-bond acceptors (Lipinski definition) is 2. The maximum Gasteiger partial charge on any atom is 0.352 e. The van der Waals surface area contributed by atoms with Crippen molar-refractivity contribution in [1.82, 2.24) is 9.47 Å². The average molecular weight is 257 g/mol.